The number of hydrogen-bond donors (Lipinski definition) is 2. The van der Waals surface area contributed by atoms with Gasteiger partial charge in [0.2, 0.25) is 0 Å². The second-order valence-electron chi connectivity index (χ2n) is 9.68. The van der Waals surface area contributed by atoms with E-state index in [0.29, 0.717) is 0 Å². The standard InChI is InChI=1S/C30H39N7S3/c1-4-9-26(38-3)27-22-33-30(40-27)34-23(2)10-8-13-28(39-25-11-6-5-7-12-25)35-29(31)37-20-18-36(19-21-37)24-14-16-32-17-15-24/h1,5-7,9,11-12,14,16,22-23,29H,8,10,13,15,17-21,31H2,2-3H3,(H,33,34). The van der Waals surface area contributed by atoms with Crippen LogP contribution in [0, 0.1) is 12.3 Å². The maximum atomic E-state index is 6.65. The van der Waals surface area contributed by atoms with Crippen molar-refractivity contribution in [3.8, 4) is 12.3 Å². The summed E-state index contributed by atoms with van der Waals surface area (Å²) in [5.74, 6) is 2.61. The Labute approximate surface area is 251 Å². The molecule has 2 atom stereocenters. The SMILES string of the molecule is C#CC=C(SC)c1cnc(NC(C)CCCC(=NC(N)N2CCN(C3=CC=NCC3)CC2)Sc2ccccc2)s1. The lowest BCUT2D eigenvalue weighted by atomic mass is 10.1. The molecule has 0 saturated carbocycles. The van der Waals surface area contributed by atoms with Crippen molar-refractivity contribution in [1.29, 1.82) is 0 Å². The monoisotopic (exact) mass is 593 g/mol. The zero-order valence-corrected chi connectivity index (χ0v) is 25.8. The highest BCUT2D eigenvalue weighted by Gasteiger charge is 2.23. The van der Waals surface area contributed by atoms with Gasteiger partial charge in [-0.3, -0.25) is 15.6 Å². The van der Waals surface area contributed by atoms with Crippen molar-refractivity contribution in [3.63, 3.8) is 0 Å². The molecule has 0 spiro atoms. The van der Waals surface area contributed by atoms with Crippen LogP contribution < -0.4 is 11.1 Å². The number of thiazole rings is 1. The van der Waals surface area contributed by atoms with Gasteiger partial charge >= 0.3 is 0 Å². The Morgan fingerprint density at radius 3 is 2.77 bits per heavy atom. The summed E-state index contributed by atoms with van der Waals surface area (Å²) < 4.78 is 0. The van der Waals surface area contributed by atoms with Gasteiger partial charge in [0.05, 0.1) is 9.92 Å². The fourth-order valence-electron chi connectivity index (χ4n) is 4.61. The van der Waals surface area contributed by atoms with E-state index in [2.05, 4.69) is 68.3 Å². The van der Waals surface area contributed by atoms with Crippen molar-refractivity contribution in [2.45, 2.75) is 49.8 Å². The largest absolute Gasteiger partial charge is 0.372 e. The number of terminal acetylenes is 1. The molecule has 0 bridgehead atoms. The minimum absolute atomic E-state index is 0.289. The minimum Gasteiger partial charge on any atom is -0.372 e. The summed E-state index contributed by atoms with van der Waals surface area (Å²) >= 11 is 5.01. The summed E-state index contributed by atoms with van der Waals surface area (Å²) in [6.07, 6.45) is 18.8. The third kappa shape index (κ3) is 9.25. The minimum atomic E-state index is -0.332. The average Bonchev–Trinajstić information content (AvgIpc) is 3.44. The zero-order chi connectivity index (χ0) is 28.2. The van der Waals surface area contributed by atoms with E-state index in [1.54, 1.807) is 40.9 Å². The highest BCUT2D eigenvalue weighted by Crippen LogP contribution is 2.32. The number of aromatic nitrogens is 1. The van der Waals surface area contributed by atoms with Crippen LogP contribution in [0.4, 0.5) is 5.13 Å². The van der Waals surface area contributed by atoms with Crippen molar-refractivity contribution >= 4 is 56.2 Å². The number of hydrogen-bond acceptors (Lipinski definition) is 10. The Hall–Kier alpha value is -2.55. The van der Waals surface area contributed by atoms with Crippen LogP contribution in [0.15, 0.2) is 69.3 Å². The molecule has 2 aliphatic rings. The van der Waals surface area contributed by atoms with Gasteiger partial charge < -0.3 is 10.2 Å². The third-order valence-corrected chi connectivity index (χ3v) is 9.72. The molecule has 1 aromatic heterocycles. The fourth-order valence-corrected chi connectivity index (χ4v) is 7.24. The highest BCUT2D eigenvalue weighted by atomic mass is 32.2. The summed E-state index contributed by atoms with van der Waals surface area (Å²) in [7, 11) is 0. The number of benzene rings is 1. The van der Waals surface area contributed by atoms with Gasteiger partial charge in [-0.05, 0) is 50.7 Å². The Kier molecular flexibility index (Phi) is 12.2. The quantitative estimate of drug-likeness (QED) is 0.138. The maximum absolute atomic E-state index is 6.65. The van der Waals surface area contributed by atoms with Crippen LogP contribution in [0.25, 0.3) is 4.91 Å². The van der Waals surface area contributed by atoms with E-state index in [1.807, 2.05) is 24.7 Å². The van der Waals surface area contributed by atoms with E-state index < -0.39 is 0 Å². The maximum Gasteiger partial charge on any atom is 0.183 e. The van der Waals surface area contributed by atoms with E-state index in [9.17, 15) is 0 Å². The van der Waals surface area contributed by atoms with E-state index in [-0.39, 0.29) is 12.3 Å². The molecule has 2 aromatic rings. The summed E-state index contributed by atoms with van der Waals surface area (Å²) in [6, 6.07) is 10.7. The first kappa shape index (κ1) is 30.4. The van der Waals surface area contributed by atoms with Crippen molar-refractivity contribution < 1.29 is 0 Å². The topological polar surface area (TPSA) is 82.1 Å². The van der Waals surface area contributed by atoms with Gasteiger partial charge in [-0.2, -0.15) is 0 Å². The molecular formula is C30H39N7S3. The van der Waals surface area contributed by atoms with E-state index >= 15 is 0 Å². The summed E-state index contributed by atoms with van der Waals surface area (Å²) in [4.78, 5) is 22.0. The van der Waals surface area contributed by atoms with E-state index in [4.69, 9.17) is 17.1 Å². The molecule has 0 radical (unpaired) electrons. The molecule has 3 N–H and O–H groups in total. The number of aliphatic imine (C=N–C) groups is 2. The average molecular weight is 594 g/mol. The third-order valence-electron chi connectivity index (χ3n) is 6.80. The van der Waals surface area contributed by atoms with E-state index in [0.717, 1.165) is 78.4 Å². The summed E-state index contributed by atoms with van der Waals surface area (Å²) in [5.41, 5.74) is 8.04. The molecule has 7 nitrogen and oxygen atoms in total. The normalized spacial score (nSPS) is 18.2. The second kappa shape index (κ2) is 16.0. The highest BCUT2D eigenvalue weighted by molar-refractivity contribution is 8.14. The molecule has 1 aromatic carbocycles. The van der Waals surface area contributed by atoms with Gasteiger partial charge in [0.1, 0.15) is 0 Å². The molecule has 10 heteroatoms. The molecule has 2 unspecified atom stereocenters. The smallest absolute Gasteiger partial charge is 0.183 e. The van der Waals surface area contributed by atoms with Crippen LogP contribution in [-0.4, -0.2) is 77.4 Å². The molecule has 212 valence electrons. The first-order valence-corrected chi connectivity index (χ1v) is 16.6. The fraction of sp³-hybridized carbons (Fsp3) is 0.433. The van der Waals surface area contributed by atoms with Crippen molar-refractivity contribution in [2.75, 3.05) is 44.3 Å². The van der Waals surface area contributed by atoms with Gasteiger partial charge in [0.25, 0.3) is 0 Å². The number of rotatable bonds is 12. The van der Waals surface area contributed by atoms with Crippen molar-refractivity contribution in [1.82, 2.24) is 14.8 Å². The van der Waals surface area contributed by atoms with Crippen LogP contribution in [0.5, 0.6) is 0 Å². The van der Waals surface area contributed by atoms with Crippen LogP contribution in [0.3, 0.4) is 0 Å². The van der Waals surface area contributed by atoms with Gasteiger partial charge in [0.15, 0.2) is 11.4 Å². The molecule has 0 aliphatic carbocycles. The second-order valence-corrected chi connectivity index (χ2v) is 12.7. The molecule has 0 amide bonds. The molecule has 2 aliphatic heterocycles. The summed E-state index contributed by atoms with van der Waals surface area (Å²) in [5, 5.41) is 5.56. The Morgan fingerprint density at radius 2 is 2.08 bits per heavy atom. The number of thioether (sulfide) groups is 2. The van der Waals surface area contributed by atoms with Gasteiger partial charge in [-0.25, -0.2) is 9.98 Å². The lowest BCUT2D eigenvalue weighted by Crippen LogP contribution is -2.52. The predicted octanol–water partition coefficient (Wildman–Crippen LogP) is 5.86. The number of dihydropyridines is 1. The molecular weight excluding hydrogens is 555 g/mol. The first-order chi connectivity index (χ1) is 19.6. The number of piperazine rings is 1. The van der Waals surface area contributed by atoms with Crippen LogP contribution in [-0.2, 0) is 0 Å². The van der Waals surface area contributed by atoms with Crippen LogP contribution in [0.2, 0.25) is 0 Å². The number of nitrogens with two attached hydrogens (primary N) is 1. The van der Waals surface area contributed by atoms with E-state index in [1.165, 1.54) is 10.6 Å². The van der Waals surface area contributed by atoms with Crippen LogP contribution >= 0.6 is 34.9 Å². The number of nitrogens with one attached hydrogen (secondary N) is 1. The van der Waals surface area contributed by atoms with Crippen molar-refractivity contribution in [2.24, 2.45) is 15.7 Å². The van der Waals surface area contributed by atoms with Gasteiger partial charge in [-0.15, -0.1) is 18.2 Å². The van der Waals surface area contributed by atoms with Gasteiger partial charge in [0, 0.05) is 79.2 Å². The summed E-state index contributed by atoms with van der Waals surface area (Å²) in [6.45, 7) is 6.86. The molecule has 1 saturated heterocycles. The lowest BCUT2D eigenvalue weighted by molar-refractivity contribution is 0.119. The van der Waals surface area contributed by atoms with Crippen LogP contribution in [0.1, 0.15) is 37.5 Å². The predicted molar refractivity (Wildman–Crippen MR) is 176 cm³/mol. The molecule has 40 heavy (non-hydrogen) atoms. The number of allylic oxidation sites excluding steroid dienone is 2. The Bertz CT molecular complexity index is 1240. The van der Waals surface area contributed by atoms with Gasteiger partial charge in [-0.1, -0.05) is 47.2 Å². The van der Waals surface area contributed by atoms with Crippen molar-refractivity contribution in [3.05, 3.63) is 59.3 Å². The zero-order valence-electron chi connectivity index (χ0n) is 23.3. The molecule has 3 heterocycles. The molecule has 4 rings (SSSR count). The lowest BCUT2D eigenvalue weighted by Gasteiger charge is -2.39. The molecule has 1 fully saturated rings. The number of anilines is 1. The Morgan fingerprint density at radius 1 is 1.27 bits per heavy atom. The first-order valence-electron chi connectivity index (χ1n) is 13.7. The number of nitrogens with zero attached hydrogens (tertiary/aromatic N) is 5. The Balaban J connectivity index is 1.31.